The summed E-state index contributed by atoms with van der Waals surface area (Å²) < 4.78 is 10.6. The summed E-state index contributed by atoms with van der Waals surface area (Å²) in [6, 6.07) is 9.34. The summed E-state index contributed by atoms with van der Waals surface area (Å²) in [5, 5.41) is 27.0. The largest absolute Gasteiger partial charge is 0.504 e. The number of hydrazone groups is 2. The zero-order valence-corrected chi connectivity index (χ0v) is 17.9. The first-order valence-corrected chi connectivity index (χ1v) is 9.98. The van der Waals surface area contributed by atoms with Gasteiger partial charge in [0.25, 0.3) is 0 Å². The van der Waals surface area contributed by atoms with Crippen molar-refractivity contribution in [3.8, 4) is 23.0 Å². The minimum Gasteiger partial charge on any atom is -0.504 e. The first kappa shape index (κ1) is 24.2. The summed E-state index contributed by atoms with van der Waals surface area (Å²) >= 11 is 0. The van der Waals surface area contributed by atoms with Crippen molar-refractivity contribution < 1.29 is 29.3 Å². The van der Waals surface area contributed by atoms with Crippen molar-refractivity contribution >= 4 is 24.2 Å². The zero-order chi connectivity index (χ0) is 23.3. The van der Waals surface area contributed by atoms with E-state index in [9.17, 15) is 19.8 Å². The normalized spacial score (nSPS) is 10.9. The summed E-state index contributed by atoms with van der Waals surface area (Å²) in [5.74, 6) is -0.209. The van der Waals surface area contributed by atoms with Crippen LogP contribution in [-0.2, 0) is 9.59 Å². The number of ether oxygens (including phenoxy) is 2. The van der Waals surface area contributed by atoms with E-state index in [4.69, 9.17) is 9.47 Å². The summed E-state index contributed by atoms with van der Waals surface area (Å²) in [5.41, 5.74) is 5.91. The number of nitrogens with one attached hydrogen (secondary N) is 2. The van der Waals surface area contributed by atoms with Crippen LogP contribution in [0.4, 0.5) is 0 Å². The molecule has 0 aliphatic rings. The highest BCUT2D eigenvalue weighted by Gasteiger charge is 2.06. The van der Waals surface area contributed by atoms with Crippen LogP contribution in [0.25, 0.3) is 0 Å². The van der Waals surface area contributed by atoms with E-state index in [1.807, 2.05) is 0 Å². The molecule has 2 aromatic carbocycles. The van der Waals surface area contributed by atoms with E-state index in [2.05, 4.69) is 21.1 Å². The Kier molecular flexibility index (Phi) is 9.51. The van der Waals surface area contributed by atoms with Crippen molar-refractivity contribution in [1.82, 2.24) is 10.9 Å². The molecule has 0 saturated carbocycles. The Labute approximate surface area is 185 Å². The van der Waals surface area contributed by atoms with Crippen LogP contribution >= 0.6 is 0 Å². The number of benzene rings is 2. The van der Waals surface area contributed by atoms with Crippen LogP contribution in [0.1, 0.15) is 37.8 Å². The average molecular weight is 442 g/mol. The monoisotopic (exact) mass is 442 g/mol. The van der Waals surface area contributed by atoms with Gasteiger partial charge in [-0.2, -0.15) is 10.2 Å². The van der Waals surface area contributed by atoms with Crippen LogP contribution in [0.5, 0.6) is 23.0 Å². The Bertz CT molecular complexity index is 911. The quantitative estimate of drug-likeness (QED) is 0.311. The smallest absolute Gasteiger partial charge is 0.240 e. The van der Waals surface area contributed by atoms with Crippen LogP contribution in [0.15, 0.2) is 46.6 Å². The van der Waals surface area contributed by atoms with Crippen molar-refractivity contribution in [1.29, 1.82) is 0 Å². The third-order valence-corrected chi connectivity index (χ3v) is 3.95. The van der Waals surface area contributed by atoms with Gasteiger partial charge in [-0.3, -0.25) is 9.59 Å². The molecule has 0 unspecified atom stereocenters. The van der Waals surface area contributed by atoms with E-state index in [1.165, 1.54) is 24.6 Å². The molecule has 0 aromatic heterocycles. The molecular weight excluding hydrogens is 416 g/mol. The topological polar surface area (TPSA) is 142 Å². The lowest BCUT2D eigenvalue weighted by molar-refractivity contribution is -0.126. The average Bonchev–Trinajstić information content (AvgIpc) is 2.77. The number of carbonyl (C=O) groups excluding carboxylic acids is 2. The second-order valence-electron chi connectivity index (χ2n) is 6.41. The van der Waals surface area contributed by atoms with Gasteiger partial charge in [-0.1, -0.05) is 0 Å². The van der Waals surface area contributed by atoms with Crippen molar-refractivity contribution in [3.05, 3.63) is 47.5 Å². The van der Waals surface area contributed by atoms with E-state index in [0.29, 0.717) is 35.8 Å². The second-order valence-corrected chi connectivity index (χ2v) is 6.41. The number of phenolic OH excluding ortho intramolecular Hbond substituents is 2. The minimum absolute atomic E-state index is 0.0156. The van der Waals surface area contributed by atoms with E-state index in [-0.39, 0.29) is 24.3 Å². The zero-order valence-electron chi connectivity index (χ0n) is 17.9. The maximum absolute atomic E-state index is 11.8. The van der Waals surface area contributed by atoms with Gasteiger partial charge in [-0.05, 0) is 61.4 Å². The number of phenols is 2. The molecule has 0 radical (unpaired) electrons. The Morgan fingerprint density at radius 1 is 0.812 bits per heavy atom. The number of rotatable bonds is 11. The highest BCUT2D eigenvalue weighted by Crippen LogP contribution is 2.26. The van der Waals surface area contributed by atoms with Gasteiger partial charge in [0, 0.05) is 12.8 Å². The summed E-state index contributed by atoms with van der Waals surface area (Å²) in [4.78, 5) is 23.7. The predicted molar refractivity (Wildman–Crippen MR) is 119 cm³/mol. The molecule has 0 bridgehead atoms. The fourth-order valence-corrected chi connectivity index (χ4v) is 2.46. The number of hydrogen-bond donors (Lipinski definition) is 4. The Morgan fingerprint density at radius 2 is 1.22 bits per heavy atom. The molecule has 0 aliphatic carbocycles. The first-order chi connectivity index (χ1) is 15.4. The van der Waals surface area contributed by atoms with Crippen LogP contribution in [0, 0.1) is 0 Å². The molecule has 0 atom stereocenters. The van der Waals surface area contributed by atoms with Gasteiger partial charge in [-0.15, -0.1) is 0 Å². The van der Waals surface area contributed by atoms with Gasteiger partial charge >= 0.3 is 0 Å². The maximum Gasteiger partial charge on any atom is 0.240 e. The van der Waals surface area contributed by atoms with Crippen LogP contribution in [0.3, 0.4) is 0 Å². The lowest BCUT2D eigenvalue weighted by Gasteiger charge is -2.06. The Morgan fingerprint density at radius 3 is 1.59 bits per heavy atom. The Hall–Kier alpha value is -4.08. The molecule has 10 heteroatoms. The van der Waals surface area contributed by atoms with Gasteiger partial charge in [0.2, 0.25) is 11.8 Å². The van der Waals surface area contributed by atoms with Gasteiger partial charge in [0.05, 0.1) is 25.6 Å². The first-order valence-electron chi connectivity index (χ1n) is 9.98. The van der Waals surface area contributed by atoms with Crippen molar-refractivity contribution in [2.45, 2.75) is 26.7 Å². The van der Waals surface area contributed by atoms with Gasteiger partial charge in [0.1, 0.15) is 0 Å². The van der Waals surface area contributed by atoms with Crippen LogP contribution < -0.4 is 20.3 Å². The molecular formula is C22H26N4O6. The predicted octanol–water partition coefficient (Wildman–Crippen LogP) is 2.28. The highest BCUT2D eigenvalue weighted by molar-refractivity contribution is 5.87. The van der Waals surface area contributed by atoms with Gasteiger partial charge in [0.15, 0.2) is 23.0 Å². The van der Waals surface area contributed by atoms with Crippen molar-refractivity contribution in [2.75, 3.05) is 13.2 Å². The summed E-state index contributed by atoms with van der Waals surface area (Å²) in [6.45, 7) is 4.40. The molecule has 2 amide bonds. The molecule has 170 valence electrons. The second kappa shape index (κ2) is 12.6. The summed E-state index contributed by atoms with van der Waals surface area (Å²) in [7, 11) is 0. The SMILES string of the molecule is CCOc1cc(/C=N/NC(=O)CCC(=O)N/N=C/c2ccc(O)c(OCC)c2)ccc1O. The molecule has 0 spiro atoms. The lowest BCUT2D eigenvalue weighted by atomic mass is 10.2. The molecule has 0 saturated heterocycles. The fourth-order valence-electron chi connectivity index (χ4n) is 2.46. The standard InChI is InChI=1S/C22H26N4O6/c1-3-31-19-11-15(5-7-17(19)27)13-23-25-21(29)9-10-22(30)26-24-14-16-6-8-18(28)20(12-16)32-4-2/h5-8,11-14,27-28H,3-4,9-10H2,1-2H3,(H,25,29)(H,26,30)/b23-13+,24-14+. The van der Waals surface area contributed by atoms with Crippen molar-refractivity contribution in [3.63, 3.8) is 0 Å². The lowest BCUT2D eigenvalue weighted by Crippen LogP contribution is -2.22. The van der Waals surface area contributed by atoms with Gasteiger partial charge < -0.3 is 19.7 Å². The van der Waals surface area contributed by atoms with E-state index >= 15 is 0 Å². The van der Waals surface area contributed by atoms with E-state index < -0.39 is 11.8 Å². The van der Waals surface area contributed by atoms with Crippen molar-refractivity contribution in [2.24, 2.45) is 10.2 Å². The number of amides is 2. The molecule has 10 nitrogen and oxygen atoms in total. The maximum atomic E-state index is 11.8. The van der Waals surface area contributed by atoms with E-state index in [0.717, 1.165) is 0 Å². The third-order valence-electron chi connectivity index (χ3n) is 3.95. The molecule has 2 aromatic rings. The number of nitrogens with zero attached hydrogens (tertiary/aromatic N) is 2. The van der Waals surface area contributed by atoms with E-state index in [1.54, 1.807) is 38.1 Å². The third kappa shape index (κ3) is 7.98. The van der Waals surface area contributed by atoms with Crippen LogP contribution in [-0.4, -0.2) is 47.7 Å². The number of hydrogen-bond acceptors (Lipinski definition) is 8. The molecule has 0 fully saturated rings. The number of carbonyl (C=O) groups is 2. The number of aromatic hydroxyl groups is 2. The molecule has 0 heterocycles. The molecule has 4 N–H and O–H groups in total. The van der Waals surface area contributed by atoms with Crippen LogP contribution in [0.2, 0.25) is 0 Å². The molecule has 32 heavy (non-hydrogen) atoms. The van der Waals surface area contributed by atoms with Gasteiger partial charge in [-0.25, -0.2) is 10.9 Å². The Balaban J connectivity index is 1.75. The fraction of sp³-hybridized carbons (Fsp3) is 0.273. The molecule has 2 rings (SSSR count). The summed E-state index contributed by atoms with van der Waals surface area (Å²) in [6.07, 6.45) is 2.65. The molecule has 0 aliphatic heterocycles. The minimum atomic E-state index is -0.441. The highest BCUT2D eigenvalue weighted by atomic mass is 16.5.